The zero-order chi connectivity index (χ0) is 12.0. The fourth-order valence-electron chi connectivity index (χ4n) is 1.55. The van der Waals surface area contributed by atoms with Crippen LogP contribution in [0.25, 0.3) is 0 Å². The molecule has 0 aliphatic heterocycles. The summed E-state index contributed by atoms with van der Waals surface area (Å²) in [4.78, 5) is 0. The quantitative estimate of drug-likeness (QED) is 0.588. The number of aryl methyl sites for hydroxylation is 1. The van der Waals surface area contributed by atoms with Crippen LogP contribution >= 0.6 is 0 Å². The number of nitrogens with zero attached hydrogens (tertiary/aromatic N) is 1. The smallest absolute Gasteiger partial charge is 0.198 e. The first-order valence-electron chi connectivity index (χ1n) is 5.47. The molecule has 0 atom stereocenters. The molecule has 0 aliphatic rings. The fourth-order valence-corrected chi connectivity index (χ4v) is 2.77. The van der Waals surface area contributed by atoms with E-state index in [4.69, 9.17) is 0 Å². The van der Waals surface area contributed by atoms with Crippen molar-refractivity contribution in [3.05, 3.63) is 24.4 Å². The Morgan fingerprint density at radius 3 is 2.88 bits per heavy atom. The van der Waals surface area contributed by atoms with Gasteiger partial charge in [-0.25, -0.2) is 8.42 Å². The van der Waals surface area contributed by atoms with E-state index >= 15 is 0 Å². The summed E-state index contributed by atoms with van der Waals surface area (Å²) in [6, 6.07) is 0. The average Bonchev–Trinajstić information content (AvgIpc) is 2.67. The van der Waals surface area contributed by atoms with E-state index in [0.717, 1.165) is 31.2 Å². The van der Waals surface area contributed by atoms with Crippen LogP contribution in [-0.2, 0) is 16.3 Å². The maximum atomic E-state index is 11.8. The van der Waals surface area contributed by atoms with Gasteiger partial charge in [-0.1, -0.05) is 25.8 Å². The van der Waals surface area contributed by atoms with E-state index in [1.54, 1.807) is 6.20 Å². The van der Waals surface area contributed by atoms with Crippen molar-refractivity contribution < 1.29 is 8.42 Å². The van der Waals surface area contributed by atoms with Crippen LogP contribution in [0.1, 0.15) is 31.7 Å². The molecule has 16 heavy (non-hydrogen) atoms. The van der Waals surface area contributed by atoms with Gasteiger partial charge in [0.05, 0.1) is 11.9 Å². The zero-order valence-electron chi connectivity index (χ0n) is 9.57. The van der Waals surface area contributed by atoms with Gasteiger partial charge in [-0.15, -0.1) is 6.58 Å². The first kappa shape index (κ1) is 13.0. The first-order valence-corrected chi connectivity index (χ1v) is 7.13. The van der Waals surface area contributed by atoms with E-state index in [9.17, 15) is 8.42 Å². The van der Waals surface area contributed by atoms with Crippen LogP contribution in [0.3, 0.4) is 0 Å². The van der Waals surface area contributed by atoms with E-state index in [0.29, 0.717) is 0 Å². The maximum absolute atomic E-state index is 11.8. The van der Waals surface area contributed by atoms with Gasteiger partial charge in [-0.2, -0.15) is 5.10 Å². The lowest BCUT2D eigenvalue weighted by atomic mass is 10.1. The van der Waals surface area contributed by atoms with Gasteiger partial charge in [0, 0.05) is 5.56 Å². The number of sulfone groups is 1. The first-order chi connectivity index (χ1) is 7.61. The Labute approximate surface area is 96.7 Å². The van der Waals surface area contributed by atoms with Gasteiger partial charge in [-0.05, 0) is 12.8 Å². The molecule has 0 radical (unpaired) electrons. The molecule has 0 bridgehead atoms. The highest BCUT2D eigenvalue weighted by Crippen LogP contribution is 2.16. The lowest BCUT2D eigenvalue weighted by molar-refractivity contribution is 0.592. The summed E-state index contributed by atoms with van der Waals surface area (Å²) in [6.45, 7) is 5.56. The molecule has 0 fully saturated rings. The molecule has 0 saturated heterocycles. The van der Waals surface area contributed by atoms with Crippen LogP contribution in [0, 0.1) is 0 Å². The van der Waals surface area contributed by atoms with Crippen LogP contribution in [0.5, 0.6) is 0 Å². The van der Waals surface area contributed by atoms with Crippen molar-refractivity contribution in [1.29, 1.82) is 0 Å². The monoisotopic (exact) mass is 242 g/mol. The normalized spacial score (nSPS) is 11.6. The molecule has 90 valence electrons. The molecule has 1 aromatic heterocycles. The standard InChI is InChI=1S/C11H18N2O2S/c1-3-5-6-7-10-9-12-13-11(10)16(14,15)8-4-2/h4,9H,2-3,5-8H2,1H3,(H,12,13). The number of H-pyrrole nitrogens is 1. The number of unbranched alkanes of at least 4 members (excludes halogenated alkanes) is 2. The van der Waals surface area contributed by atoms with Gasteiger partial charge in [0.25, 0.3) is 0 Å². The average molecular weight is 242 g/mol. The third kappa shape index (κ3) is 3.20. The molecule has 0 amide bonds. The minimum atomic E-state index is -3.27. The van der Waals surface area contributed by atoms with E-state index < -0.39 is 9.84 Å². The topological polar surface area (TPSA) is 62.8 Å². The highest BCUT2D eigenvalue weighted by molar-refractivity contribution is 7.91. The van der Waals surface area contributed by atoms with Gasteiger partial charge in [0.1, 0.15) is 0 Å². The Morgan fingerprint density at radius 2 is 2.25 bits per heavy atom. The number of hydrogen-bond donors (Lipinski definition) is 1. The molecular weight excluding hydrogens is 224 g/mol. The minimum Gasteiger partial charge on any atom is -0.267 e. The lowest BCUT2D eigenvalue weighted by Crippen LogP contribution is -2.07. The molecule has 4 nitrogen and oxygen atoms in total. The Bertz CT molecular complexity index is 435. The summed E-state index contributed by atoms with van der Waals surface area (Å²) in [5.74, 6) is -0.0457. The van der Waals surface area contributed by atoms with Crippen molar-refractivity contribution in [1.82, 2.24) is 10.2 Å². The summed E-state index contributed by atoms with van der Waals surface area (Å²) >= 11 is 0. The zero-order valence-corrected chi connectivity index (χ0v) is 10.4. The molecule has 0 unspecified atom stereocenters. The molecule has 5 heteroatoms. The number of aromatic amines is 1. The molecule has 0 saturated carbocycles. The molecule has 0 aliphatic carbocycles. The van der Waals surface area contributed by atoms with Crippen molar-refractivity contribution >= 4 is 9.84 Å². The summed E-state index contributed by atoms with van der Waals surface area (Å²) in [6.07, 6.45) is 6.97. The SMILES string of the molecule is C=CCS(=O)(=O)c1[nH]ncc1CCCCC. The van der Waals surface area contributed by atoms with E-state index in [2.05, 4.69) is 23.7 Å². The molecule has 0 spiro atoms. The predicted molar refractivity (Wildman–Crippen MR) is 64.1 cm³/mol. The van der Waals surface area contributed by atoms with Crippen LogP contribution in [0.2, 0.25) is 0 Å². The van der Waals surface area contributed by atoms with Gasteiger partial charge in [0.2, 0.25) is 0 Å². The van der Waals surface area contributed by atoms with Gasteiger partial charge >= 0.3 is 0 Å². The largest absolute Gasteiger partial charge is 0.267 e. The number of nitrogens with one attached hydrogen (secondary N) is 1. The second-order valence-corrected chi connectivity index (χ2v) is 5.72. The van der Waals surface area contributed by atoms with Gasteiger partial charge < -0.3 is 0 Å². The number of hydrogen-bond acceptors (Lipinski definition) is 3. The molecule has 0 aromatic carbocycles. The Hall–Kier alpha value is -1.10. The Balaban J connectivity index is 2.81. The van der Waals surface area contributed by atoms with Crippen LogP contribution in [0.4, 0.5) is 0 Å². The molecule has 1 N–H and O–H groups in total. The van der Waals surface area contributed by atoms with Gasteiger partial charge in [-0.3, -0.25) is 5.10 Å². The van der Waals surface area contributed by atoms with Crippen LogP contribution in [0.15, 0.2) is 23.9 Å². The predicted octanol–water partition coefficient (Wildman–Crippen LogP) is 2.10. The van der Waals surface area contributed by atoms with E-state index in [1.807, 2.05) is 0 Å². The van der Waals surface area contributed by atoms with Crippen molar-refractivity contribution in [3.8, 4) is 0 Å². The Morgan fingerprint density at radius 1 is 1.50 bits per heavy atom. The fraction of sp³-hybridized carbons (Fsp3) is 0.545. The van der Waals surface area contributed by atoms with E-state index in [1.165, 1.54) is 6.08 Å². The number of aromatic nitrogens is 2. The summed E-state index contributed by atoms with van der Waals surface area (Å²) in [5.41, 5.74) is 0.787. The summed E-state index contributed by atoms with van der Waals surface area (Å²) < 4.78 is 23.6. The third-order valence-corrected chi connectivity index (χ3v) is 4.03. The van der Waals surface area contributed by atoms with Crippen LogP contribution in [-0.4, -0.2) is 24.4 Å². The lowest BCUT2D eigenvalue weighted by Gasteiger charge is -2.02. The second kappa shape index (κ2) is 5.84. The maximum Gasteiger partial charge on any atom is 0.198 e. The van der Waals surface area contributed by atoms with Crippen molar-refractivity contribution in [3.63, 3.8) is 0 Å². The Kier molecular flexibility index (Phi) is 4.73. The van der Waals surface area contributed by atoms with Crippen LogP contribution < -0.4 is 0 Å². The van der Waals surface area contributed by atoms with Gasteiger partial charge in [0.15, 0.2) is 14.9 Å². The summed E-state index contributed by atoms with van der Waals surface area (Å²) in [7, 11) is -3.27. The summed E-state index contributed by atoms with van der Waals surface area (Å²) in [5, 5.41) is 6.64. The second-order valence-electron chi connectivity index (χ2n) is 3.75. The molecule has 1 heterocycles. The van der Waals surface area contributed by atoms with Crippen molar-refractivity contribution in [2.75, 3.05) is 5.75 Å². The number of rotatable bonds is 7. The molecule has 1 aromatic rings. The molecule has 1 rings (SSSR count). The highest BCUT2D eigenvalue weighted by atomic mass is 32.2. The van der Waals surface area contributed by atoms with Crippen molar-refractivity contribution in [2.45, 2.75) is 37.6 Å². The van der Waals surface area contributed by atoms with E-state index in [-0.39, 0.29) is 10.8 Å². The van der Waals surface area contributed by atoms with Crippen molar-refractivity contribution in [2.24, 2.45) is 0 Å². The highest BCUT2D eigenvalue weighted by Gasteiger charge is 2.18. The third-order valence-electron chi connectivity index (χ3n) is 2.38. The minimum absolute atomic E-state index is 0.0457. The molecular formula is C11H18N2O2S.